The van der Waals surface area contributed by atoms with Crippen molar-refractivity contribution in [3.8, 4) is 0 Å². The van der Waals surface area contributed by atoms with Gasteiger partial charge < -0.3 is 4.74 Å². The highest BCUT2D eigenvalue weighted by Crippen LogP contribution is 2.66. The van der Waals surface area contributed by atoms with Crippen LogP contribution in [0.4, 0.5) is 0 Å². The van der Waals surface area contributed by atoms with E-state index >= 15 is 0 Å². The van der Waals surface area contributed by atoms with Crippen molar-refractivity contribution >= 4 is 32.3 Å². The Kier molecular flexibility index (Phi) is 6.61. The molecule has 3 saturated carbocycles. The number of hydrogen-bond donors (Lipinski definition) is 0. The summed E-state index contributed by atoms with van der Waals surface area (Å²) in [6, 6.07) is 0. The Hall–Kier alpha value is 0.357. The molecule has 4 fully saturated rings. The summed E-state index contributed by atoms with van der Waals surface area (Å²) < 4.78 is 7.29. The third kappa shape index (κ3) is 3.86. The van der Waals surface area contributed by atoms with Crippen LogP contribution in [0.1, 0.15) is 72.1 Å². The van der Waals surface area contributed by atoms with E-state index in [0.29, 0.717) is 20.6 Å². The molecule has 1 spiro atoms. The predicted molar refractivity (Wildman–Crippen MR) is 145 cm³/mol. The molecule has 1 heterocycles. The van der Waals surface area contributed by atoms with Gasteiger partial charge in [-0.1, -0.05) is 57.7 Å². The first-order chi connectivity index (χ1) is 15.2. The number of ether oxygens (including phenoxy) is 1. The highest BCUT2D eigenvalue weighted by Gasteiger charge is 2.59. The molecular formula is C28H45OS2Si. The Bertz CT molecular complexity index is 767. The zero-order valence-corrected chi connectivity index (χ0v) is 23.8. The van der Waals surface area contributed by atoms with E-state index in [1.165, 1.54) is 62.9 Å². The molecule has 1 radical (unpaired) electrons. The van der Waals surface area contributed by atoms with E-state index in [1.54, 1.807) is 5.57 Å². The van der Waals surface area contributed by atoms with Crippen LogP contribution in [0.3, 0.4) is 0 Å². The van der Waals surface area contributed by atoms with Crippen LogP contribution >= 0.6 is 23.5 Å². The SMILES string of the molecule is C=C1C[C@]2(CC)[C@@H](OCC(C)(C)[Si](C)C)CC[C@H]2[C@@H]2CCC3=CC4(CCC3[C@@H]12)SCCS4. The van der Waals surface area contributed by atoms with Gasteiger partial charge in [0.05, 0.1) is 19.0 Å². The van der Waals surface area contributed by atoms with Crippen LogP contribution in [0, 0.1) is 29.1 Å². The zero-order chi connectivity index (χ0) is 22.7. The maximum absolute atomic E-state index is 6.86. The van der Waals surface area contributed by atoms with Gasteiger partial charge in [0.15, 0.2) is 0 Å². The van der Waals surface area contributed by atoms with Crippen molar-refractivity contribution in [2.75, 3.05) is 18.1 Å². The van der Waals surface area contributed by atoms with E-state index in [9.17, 15) is 0 Å². The molecule has 1 nitrogen and oxygen atoms in total. The van der Waals surface area contributed by atoms with Crippen LogP contribution in [0.25, 0.3) is 0 Å². The minimum Gasteiger partial charge on any atom is -0.377 e. The van der Waals surface area contributed by atoms with E-state index in [2.05, 4.69) is 63.5 Å². The molecule has 4 heteroatoms. The molecule has 179 valence electrons. The second kappa shape index (κ2) is 8.78. The molecule has 6 atom stereocenters. The van der Waals surface area contributed by atoms with E-state index in [-0.39, 0.29) is 8.80 Å². The van der Waals surface area contributed by atoms with Crippen LogP contribution in [-0.4, -0.2) is 37.1 Å². The lowest BCUT2D eigenvalue weighted by atomic mass is 9.50. The quantitative estimate of drug-likeness (QED) is 0.284. The minimum atomic E-state index is -0.361. The smallest absolute Gasteiger partial charge is 0.0794 e. The van der Waals surface area contributed by atoms with Crippen molar-refractivity contribution in [1.29, 1.82) is 0 Å². The first kappa shape index (κ1) is 24.1. The van der Waals surface area contributed by atoms with Gasteiger partial charge in [0.2, 0.25) is 0 Å². The Morgan fingerprint density at radius 1 is 1.16 bits per heavy atom. The first-order valence-electron chi connectivity index (χ1n) is 13.3. The number of hydrogen-bond acceptors (Lipinski definition) is 3. The minimum absolute atomic E-state index is 0.352. The van der Waals surface area contributed by atoms with Crippen molar-refractivity contribution in [2.24, 2.45) is 29.1 Å². The van der Waals surface area contributed by atoms with Crippen molar-refractivity contribution in [3.05, 3.63) is 23.8 Å². The molecule has 5 aliphatic rings. The third-order valence-electron chi connectivity index (χ3n) is 10.4. The molecule has 1 unspecified atom stereocenters. The highest BCUT2D eigenvalue weighted by molar-refractivity contribution is 8.21. The van der Waals surface area contributed by atoms with Crippen LogP contribution in [0.5, 0.6) is 0 Å². The first-order valence-corrected chi connectivity index (χ1v) is 17.8. The molecule has 0 aromatic carbocycles. The summed E-state index contributed by atoms with van der Waals surface area (Å²) in [6.45, 7) is 17.9. The molecule has 1 saturated heterocycles. The fourth-order valence-electron chi connectivity index (χ4n) is 8.11. The normalized spacial score (nSPS) is 40.9. The maximum atomic E-state index is 6.86. The van der Waals surface area contributed by atoms with Crippen LogP contribution in [0.15, 0.2) is 23.8 Å². The van der Waals surface area contributed by atoms with Crippen LogP contribution < -0.4 is 0 Å². The molecule has 1 aliphatic heterocycles. The molecule has 4 aliphatic carbocycles. The Balaban J connectivity index is 1.36. The number of allylic oxidation sites excluding steroid dienone is 2. The highest BCUT2D eigenvalue weighted by atomic mass is 32.2. The van der Waals surface area contributed by atoms with Crippen LogP contribution in [-0.2, 0) is 4.74 Å². The van der Waals surface area contributed by atoms with Gasteiger partial charge in [-0.3, -0.25) is 0 Å². The molecular weight excluding hydrogens is 445 g/mol. The van der Waals surface area contributed by atoms with Gasteiger partial charge in [0.1, 0.15) is 0 Å². The molecule has 0 bridgehead atoms. The Morgan fingerprint density at radius 2 is 1.91 bits per heavy atom. The Morgan fingerprint density at radius 3 is 2.59 bits per heavy atom. The number of thioether (sulfide) groups is 2. The van der Waals surface area contributed by atoms with E-state index in [0.717, 1.165) is 30.3 Å². The molecule has 0 N–H and O–H groups in total. The van der Waals surface area contributed by atoms with Gasteiger partial charge in [0.25, 0.3) is 0 Å². The monoisotopic (exact) mass is 489 g/mol. The second-order valence-electron chi connectivity index (χ2n) is 12.4. The molecule has 0 aromatic heterocycles. The standard InChI is InChI=1S/C28H45OS2Si/c1-7-27-16-19(2)25-21-12-13-28(30-14-15-31-28)17-20(21)8-9-22(25)23(27)10-11-24(27)29-18-26(3,4)32(5)6/h17,21-25H,2,7-16,18H2,1,3-6H3/t21?,22-,23-,24-,25+,27-/m0/s1. The largest absolute Gasteiger partial charge is 0.377 e. The molecule has 0 amide bonds. The summed E-state index contributed by atoms with van der Waals surface area (Å²) in [5, 5.41) is 0.352. The maximum Gasteiger partial charge on any atom is 0.0794 e. The zero-order valence-electron chi connectivity index (χ0n) is 21.2. The van der Waals surface area contributed by atoms with Gasteiger partial charge >= 0.3 is 0 Å². The lowest BCUT2D eigenvalue weighted by molar-refractivity contribution is -0.0808. The van der Waals surface area contributed by atoms with Gasteiger partial charge in [-0.2, -0.15) is 0 Å². The summed E-state index contributed by atoms with van der Waals surface area (Å²) in [5.41, 5.74) is 3.77. The van der Waals surface area contributed by atoms with Gasteiger partial charge in [-0.15, -0.1) is 23.5 Å². The average Bonchev–Trinajstić information content (AvgIpc) is 3.36. The summed E-state index contributed by atoms with van der Waals surface area (Å²) >= 11 is 4.46. The number of rotatable bonds is 5. The fraction of sp³-hybridized carbons (Fsp3) is 0.857. The van der Waals surface area contributed by atoms with E-state index in [4.69, 9.17) is 11.3 Å². The average molecular weight is 490 g/mol. The van der Waals surface area contributed by atoms with E-state index in [1.807, 2.05) is 5.57 Å². The van der Waals surface area contributed by atoms with Crippen molar-refractivity contribution in [2.45, 2.75) is 100 Å². The summed E-state index contributed by atoms with van der Waals surface area (Å²) in [4.78, 5) is 0. The number of fused-ring (bicyclic) bond motifs is 5. The van der Waals surface area contributed by atoms with Gasteiger partial charge in [-0.25, -0.2) is 0 Å². The third-order valence-corrected chi connectivity index (χ3v) is 16.7. The Labute approximate surface area is 208 Å². The lowest BCUT2D eigenvalue weighted by Gasteiger charge is -2.56. The van der Waals surface area contributed by atoms with E-state index < -0.39 is 0 Å². The topological polar surface area (TPSA) is 9.23 Å². The molecule has 0 aromatic rings. The molecule has 5 rings (SSSR count). The fourth-order valence-corrected chi connectivity index (χ4v) is 11.7. The molecule has 32 heavy (non-hydrogen) atoms. The second-order valence-corrected chi connectivity index (χ2v) is 18.9. The summed E-state index contributed by atoms with van der Waals surface area (Å²) in [7, 11) is -0.361. The predicted octanol–water partition coefficient (Wildman–Crippen LogP) is 8.21. The van der Waals surface area contributed by atoms with Crippen molar-refractivity contribution < 1.29 is 4.74 Å². The van der Waals surface area contributed by atoms with Crippen molar-refractivity contribution in [1.82, 2.24) is 0 Å². The van der Waals surface area contributed by atoms with Gasteiger partial charge in [0, 0.05) is 23.5 Å². The van der Waals surface area contributed by atoms with Gasteiger partial charge in [-0.05, 0) is 80.1 Å². The van der Waals surface area contributed by atoms with Crippen LogP contribution in [0.2, 0.25) is 18.1 Å². The summed E-state index contributed by atoms with van der Waals surface area (Å²) in [6.07, 6.45) is 13.9. The summed E-state index contributed by atoms with van der Waals surface area (Å²) in [5.74, 6) is 5.95. The lowest BCUT2D eigenvalue weighted by Crippen LogP contribution is -2.50. The van der Waals surface area contributed by atoms with Crippen molar-refractivity contribution in [3.63, 3.8) is 0 Å².